The normalized spacial score (nSPS) is 12.3. The molecule has 0 fully saturated rings. The van der Waals surface area contributed by atoms with E-state index < -0.39 is 11.7 Å². The predicted molar refractivity (Wildman–Crippen MR) is 93.6 cm³/mol. The summed E-state index contributed by atoms with van der Waals surface area (Å²) in [5, 5.41) is 14.6. The standard InChI is InChI=1S/C16H14Cl2N4O3/c17-10-3-1-9(2-4-10)12(23)7-13-20-14(25-21-13)8-22-6-5-11(19)15(18)16(22)24/h1-6,12,23H,7-8,19H2/t12-/m0/s1. The summed E-state index contributed by atoms with van der Waals surface area (Å²) >= 11 is 11.7. The minimum absolute atomic E-state index is 0.0552. The number of hydrogen-bond donors (Lipinski definition) is 2. The summed E-state index contributed by atoms with van der Waals surface area (Å²) < 4.78 is 6.43. The number of aliphatic hydroxyl groups is 1. The summed E-state index contributed by atoms with van der Waals surface area (Å²) in [5.41, 5.74) is 6.03. The molecule has 7 nitrogen and oxygen atoms in total. The van der Waals surface area contributed by atoms with Gasteiger partial charge in [0.15, 0.2) is 5.82 Å². The van der Waals surface area contributed by atoms with Crippen molar-refractivity contribution in [1.29, 1.82) is 0 Å². The molecule has 0 amide bonds. The van der Waals surface area contributed by atoms with Crippen LogP contribution in [0.4, 0.5) is 5.69 Å². The number of aromatic nitrogens is 3. The number of nitrogens with two attached hydrogens (primary N) is 1. The first-order valence-corrected chi connectivity index (χ1v) is 8.09. The third-order valence-corrected chi connectivity index (χ3v) is 4.21. The molecule has 3 rings (SSSR count). The van der Waals surface area contributed by atoms with Crippen LogP contribution in [0.1, 0.15) is 23.4 Å². The van der Waals surface area contributed by atoms with E-state index in [0.717, 1.165) is 0 Å². The van der Waals surface area contributed by atoms with Crippen LogP contribution in [0, 0.1) is 0 Å². The molecule has 1 aromatic carbocycles. The van der Waals surface area contributed by atoms with Gasteiger partial charge in [0.05, 0.1) is 11.8 Å². The van der Waals surface area contributed by atoms with Gasteiger partial charge in [0.1, 0.15) is 11.6 Å². The molecule has 2 heterocycles. The Hall–Kier alpha value is -2.35. The highest BCUT2D eigenvalue weighted by atomic mass is 35.5. The highest BCUT2D eigenvalue weighted by Gasteiger charge is 2.15. The van der Waals surface area contributed by atoms with Gasteiger partial charge >= 0.3 is 0 Å². The van der Waals surface area contributed by atoms with Crippen molar-refractivity contribution in [2.24, 2.45) is 0 Å². The maximum absolute atomic E-state index is 12.0. The van der Waals surface area contributed by atoms with E-state index >= 15 is 0 Å². The van der Waals surface area contributed by atoms with Crippen LogP contribution in [0.15, 0.2) is 45.8 Å². The van der Waals surface area contributed by atoms with Crippen LogP contribution >= 0.6 is 23.2 Å². The molecule has 0 unspecified atom stereocenters. The van der Waals surface area contributed by atoms with E-state index in [1.165, 1.54) is 16.8 Å². The molecule has 0 saturated carbocycles. The maximum Gasteiger partial charge on any atom is 0.271 e. The fourth-order valence-corrected chi connectivity index (χ4v) is 2.54. The van der Waals surface area contributed by atoms with Gasteiger partial charge < -0.3 is 19.9 Å². The van der Waals surface area contributed by atoms with Crippen molar-refractivity contribution in [3.63, 3.8) is 0 Å². The lowest BCUT2D eigenvalue weighted by Gasteiger charge is -2.08. The molecule has 0 aliphatic heterocycles. The lowest BCUT2D eigenvalue weighted by molar-refractivity contribution is 0.174. The molecule has 0 spiro atoms. The van der Waals surface area contributed by atoms with Crippen LogP contribution < -0.4 is 11.3 Å². The summed E-state index contributed by atoms with van der Waals surface area (Å²) in [6.45, 7) is 0.0584. The first-order valence-electron chi connectivity index (χ1n) is 7.33. The van der Waals surface area contributed by atoms with Crippen LogP contribution in [0.25, 0.3) is 0 Å². The van der Waals surface area contributed by atoms with Crippen molar-refractivity contribution < 1.29 is 9.63 Å². The zero-order valence-electron chi connectivity index (χ0n) is 12.9. The monoisotopic (exact) mass is 380 g/mol. The van der Waals surface area contributed by atoms with Gasteiger partial charge in [0.25, 0.3) is 5.56 Å². The number of halogens is 2. The largest absolute Gasteiger partial charge is 0.397 e. The Balaban J connectivity index is 1.71. The van der Waals surface area contributed by atoms with Gasteiger partial charge in [-0.25, -0.2) is 0 Å². The lowest BCUT2D eigenvalue weighted by atomic mass is 10.1. The Bertz CT molecular complexity index is 937. The topological polar surface area (TPSA) is 107 Å². The molecule has 2 aromatic heterocycles. The molecular weight excluding hydrogens is 367 g/mol. The van der Waals surface area contributed by atoms with Crippen molar-refractivity contribution in [3.05, 3.63) is 74.2 Å². The fourth-order valence-electron chi connectivity index (χ4n) is 2.24. The average Bonchev–Trinajstić information content (AvgIpc) is 3.03. The Kier molecular flexibility index (Phi) is 5.08. The van der Waals surface area contributed by atoms with Gasteiger partial charge in [-0.05, 0) is 23.8 Å². The molecule has 0 aliphatic rings. The lowest BCUT2D eigenvalue weighted by Crippen LogP contribution is -2.21. The van der Waals surface area contributed by atoms with Crippen molar-refractivity contribution in [2.75, 3.05) is 5.73 Å². The van der Waals surface area contributed by atoms with E-state index in [2.05, 4.69) is 10.1 Å². The Morgan fingerprint density at radius 2 is 1.96 bits per heavy atom. The number of anilines is 1. The summed E-state index contributed by atoms with van der Waals surface area (Å²) in [5.74, 6) is 0.549. The van der Waals surface area contributed by atoms with Crippen molar-refractivity contribution in [1.82, 2.24) is 14.7 Å². The third-order valence-electron chi connectivity index (χ3n) is 3.58. The van der Waals surface area contributed by atoms with Crippen LogP contribution in [0.2, 0.25) is 10.0 Å². The number of nitrogen functional groups attached to an aromatic ring is 1. The van der Waals surface area contributed by atoms with Crippen LogP contribution in [-0.4, -0.2) is 19.8 Å². The molecule has 0 aliphatic carbocycles. The second-order valence-electron chi connectivity index (χ2n) is 5.39. The highest BCUT2D eigenvalue weighted by Crippen LogP contribution is 2.19. The van der Waals surface area contributed by atoms with Crippen molar-refractivity contribution in [2.45, 2.75) is 19.1 Å². The van der Waals surface area contributed by atoms with Crippen molar-refractivity contribution >= 4 is 28.9 Å². The highest BCUT2D eigenvalue weighted by molar-refractivity contribution is 6.32. The van der Waals surface area contributed by atoms with Gasteiger partial charge in [-0.1, -0.05) is 40.5 Å². The Morgan fingerprint density at radius 3 is 2.68 bits per heavy atom. The number of nitrogens with zero attached hydrogens (tertiary/aromatic N) is 3. The predicted octanol–water partition coefficient (Wildman–Crippen LogP) is 2.44. The molecular formula is C16H14Cl2N4O3. The summed E-state index contributed by atoms with van der Waals surface area (Å²) in [6.07, 6.45) is 0.870. The number of benzene rings is 1. The van der Waals surface area contributed by atoms with Gasteiger partial charge in [-0.3, -0.25) is 4.79 Å². The molecule has 3 N–H and O–H groups in total. The number of pyridine rings is 1. The second-order valence-corrected chi connectivity index (χ2v) is 6.21. The van der Waals surface area contributed by atoms with Crippen molar-refractivity contribution in [3.8, 4) is 0 Å². The third kappa shape index (κ3) is 4.01. The van der Waals surface area contributed by atoms with E-state index in [0.29, 0.717) is 16.4 Å². The average molecular weight is 381 g/mol. The number of hydrogen-bond acceptors (Lipinski definition) is 6. The maximum atomic E-state index is 12.0. The zero-order chi connectivity index (χ0) is 18.0. The summed E-state index contributed by atoms with van der Waals surface area (Å²) in [7, 11) is 0. The number of aliphatic hydroxyl groups excluding tert-OH is 1. The Labute approximate surface area is 152 Å². The van der Waals surface area contributed by atoms with Crippen LogP contribution in [0.3, 0.4) is 0 Å². The van der Waals surface area contributed by atoms with E-state index in [1.807, 2.05) is 0 Å². The van der Waals surface area contributed by atoms with E-state index in [9.17, 15) is 9.90 Å². The van der Waals surface area contributed by atoms with E-state index in [1.54, 1.807) is 24.3 Å². The van der Waals surface area contributed by atoms with E-state index in [4.69, 9.17) is 33.5 Å². The molecule has 3 aromatic rings. The molecule has 1 atom stereocenters. The van der Waals surface area contributed by atoms with Crippen LogP contribution in [-0.2, 0) is 13.0 Å². The van der Waals surface area contributed by atoms with Crippen LogP contribution in [0.5, 0.6) is 0 Å². The molecule has 0 radical (unpaired) electrons. The first-order chi connectivity index (χ1) is 11.9. The smallest absolute Gasteiger partial charge is 0.271 e. The van der Waals surface area contributed by atoms with Gasteiger partial charge in [0, 0.05) is 17.6 Å². The molecule has 9 heteroatoms. The SMILES string of the molecule is Nc1ccn(Cc2nc(C[C@H](O)c3ccc(Cl)cc3)no2)c(=O)c1Cl. The van der Waals surface area contributed by atoms with Gasteiger partial charge in [-0.15, -0.1) is 0 Å². The quantitative estimate of drug-likeness (QED) is 0.703. The zero-order valence-corrected chi connectivity index (χ0v) is 14.4. The molecule has 0 saturated heterocycles. The molecule has 130 valence electrons. The fraction of sp³-hybridized carbons (Fsp3) is 0.188. The minimum Gasteiger partial charge on any atom is -0.397 e. The Morgan fingerprint density at radius 1 is 1.24 bits per heavy atom. The van der Waals surface area contributed by atoms with Gasteiger partial charge in [-0.2, -0.15) is 4.98 Å². The summed E-state index contributed by atoms with van der Waals surface area (Å²) in [4.78, 5) is 16.2. The molecule has 25 heavy (non-hydrogen) atoms. The van der Waals surface area contributed by atoms with Gasteiger partial charge in [0.2, 0.25) is 5.89 Å². The molecule has 0 bridgehead atoms. The summed E-state index contributed by atoms with van der Waals surface area (Å²) in [6, 6.07) is 8.36. The second kappa shape index (κ2) is 7.26. The number of rotatable bonds is 5. The minimum atomic E-state index is -0.795. The van der Waals surface area contributed by atoms with E-state index in [-0.39, 0.29) is 29.6 Å². The first kappa shape index (κ1) is 17.5.